The highest BCUT2D eigenvalue weighted by Gasteiger charge is 2.39. The lowest BCUT2D eigenvalue weighted by Gasteiger charge is -2.40. The van der Waals surface area contributed by atoms with Crippen LogP contribution in [0.3, 0.4) is 0 Å². The highest BCUT2D eigenvalue weighted by atomic mass is 16.2. The van der Waals surface area contributed by atoms with Gasteiger partial charge >= 0.3 is 0 Å². The molecular weight excluding hydrogens is 326 g/mol. The number of amides is 1. The highest BCUT2D eigenvalue weighted by molar-refractivity contribution is 5.77. The summed E-state index contributed by atoms with van der Waals surface area (Å²) in [5.74, 6) is 0.145. The summed E-state index contributed by atoms with van der Waals surface area (Å²) in [6.07, 6.45) is 3.60. The Labute approximate surface area is 156 Å². The molecule has 2 bridgehead atoms. The number of likely N-dealkylation sites (N-methyl/N-ethyl adjacent to an activating group) is 1. The van der Waals surface area contributed by atoms with Crippen LogP contribution in [0.15, 0.2) is 24.3 Å². The van der Waals surface area contributed by atoms with Gasteiger partial charge in [-0.2, -0.15) is 5.26 Å². The number of likely N-dealkylation sites (tertiary alicyclic amines) is 1. The predicted molar refractivity (Wildman–Crippen MR) is 103 cm³/mol. The molecule has 0 radical (unpaired) electrons. The Morgan fingerprint density at radius 2 is 1.92 bits per heavy atom. The first-order chi connectivity index (χ1) is 12.7. The lowest BCUT2D eigenvalue weighted by molar-refractivity contribution is -0.122. The van der Waals surface area contributed by atoms with E-state index in [9.17, 15) is 4.79 Å². The van der Waals surface area contributed by atoms with Crippen LogP contribution in [0, 0.1) is 11.3 Å². The fourth-order valence-corrected chi connectivity index (χ4v) is 4.18. The molecule has 2 saturated heterocycles. The van der Waals surface area contributed by atoms with Crippen LogP contribution in [0.5, 0.6) is 0 Å². The summed E-state index contributed by atoms with van der Waals surface area (Å²) >= 11 is 0. The maximum atomic E-state index is 11.8. The molecule has 6 nitrogen and oxygen atoms in total. The Kier molecular flexibility index (Phi) is 6.48. The van der Waals surface area contributed by atoms with Crippen LogP contribution in [0.2, 0.25) is 0 Å². The monoisotopic (exact) mass is 355 g/mol. The van der Waals surface area contributed by atoms with Crippen molar-refractivity contribution < 1.29 is 4.79 Å². The van der Waals surface area contributed by atoms with Crippen molar-refractivity contribution in [1.29, 1.82) is 5.26 Å². The van der Waals surface area contributed by atoms with Gasteiger partial charge in [-0.25, -0.2) is 0 Å². The molecule has 1 aromatic rings. The molecule has 0 aliphatic carbocycles. The first-order valence-electron chi connectivity index (χ1n) is 9.68. The van der Waals surface area contributed by atoms with E-state index in [2.05, 4.69) is 26.5 Å². The molecule has 3 rings (SSSR count). The number of carbonyl (C=O) groups excluding carboxylic acids is 1. The van der Waals surface area contributed by atoms with Crippen LogP contribution >= 0.6 is 0 Å². The number of nitrogens with zero attached hydrogens (tertiary/aromatic N) is 3. The maximum absolute atomic E-state index is 11.8. The maximum Gasteiger partial charge on any atom is 0.234 e. The van der Waals surface area contributed by atoms with E-state index in [0.29, 0.717) is 30.7 Å². The molecule has 0 spiro atoms. The van der Waals surface area contributed by atoms with E-state index in [-0.39, 0.29) is 5.91 Å². The Hall–Kier alpha value is -2.10. The molecule has 2 fully saturated rings. The molecule has 26 heavy (non-hydrogen) atoms. The average Bonchev–Trinajstić information content (AvgIpc) is 2.88. The number of hydrogen-bond donors (Lipinski definition) is 2. The fourth-order valence-electron chi connectivity index (χ4n) is 4.18. The van der Waals surface area contributed by atoms with E-state index >= 15 is 0 Å². The molecule has 1 amide bonds. The molecule has 0 saturated carbocycles. The van der Waals surface area contributed by atoms with Gasteiger partial charge in [-0.05, 0) is 50.5 Å². The fraction of sp³-hybridized carbons (Fsp3) is 0.600. The number of piperazine rings is 1. The Balaban J connectivity index is 1.39. The largest absolute Gasteiger partial charge is 0.385 e. The van der Waals surface area contributed by atoms with Crippen molar-refractivity contribution in [1.82, 2.24) is 15.1 Å². The Morgan fingerprint density at radius 3 is 2.54 bits per heavy atom. The first-order valence-corrected chi connectivity index (χ1v) is 9.68. The SMILES string of the molecule is CCNC(=O)CN1CC2CCC(C1)N2CCCNc1ccc(C#N)cc1. The van der Waals surface area contributed by atoms with Gasteiger partial charge in [0.2, 0.25) is 5.91 Å². The number of nitrogens with one attached hydrogen (secondary N) is 2. The topological polar surface area (TPSA) is 71.4 Å². The summed E-state index contributed by atoms with van der Waals surface area (Å²) in [4.78, 5) is 16.8. The van der Waals surface area contributed by atoms with E-state index in [0.717, 1.165) is 38.3 Å². The van der Waals surface area contributed by atoms with Gasteiger partial charge in [-0.3, -0.25) is 14.6 Å². The van der Waals surface area contributed by atoms with E-state index in [1.165, 1.54) is 12.8 Å². The van der Waals surface area contributed by atoms with Crippen LogP contribution in [0.25, 0.3) is 0 Å². The zero-order valence-electron chi connectivity index (χ0n) is 15.6. The van der Waals surface area contributed by atoms with Crippen LogP contribution in [-0.4, -0.2) is 67.1 Å². The zero-order valence-corrected chi connectivity index (χ0v) is 15.6. The lowest BCUT2D eigenvalue weighted by Crippen LogP contribution is -2.55. The average molecular weight is 355 g/mol. The lowest BCUT2D eigenvalue weighted by atomic mass is 10.1. The summed E-state index contributed by atoms with van der Waals surface area (Å²) in [5.41, 5.74) is 1.76. The van der Waals surface area contributed by atoms with E-state index in [1.807, 2.05) is 31.2 Å². The van der Waals surface area contributed by atoms with Crippen LogP contribution in [0.4, 0.5) is 5.69 Å². The van der Waals surface area contributed by atoms with Crippen LogP contribution in [-0.2, 0) is 4.79 Å². The van der Waals surface area contributed by atoms with E-state index in [4.69, 9.17) is 5.26 Å². The Morgan fingerprint density at radius 1 is 1.23 bits per heavy atom. The quantitative estimate of drug-likeness (QED) is 0.694. The summed E-state index contributed by atoms with van der Waals surface area (Å²) < 4.78 is 0. The molecule has 0 aromatic heterocycles. The number of nitriles is 1. The Bertz CT molecular complexity index is 625. The third-order valence-corrected chi connectivity index (χ3v) is 5.39. The number of rotatable bonds is 8. The van der Waals surface area contributed by atoms with Crippen molar-refractivity contribution in [2.24, 2.45) is 0 Å². The minimum Gasteiger partial charge on any atom is -0.385 e. The summed E-state index contributed by atoms with van der Waals surface area (Å²) in [5, 5.41) is 15.2. The predicted octanol–water partition coefficient (Wildman–Crippen LogP) is 1.64. The molecule has 2 heterocycles. The van der Waals surface area contributed by atoms with Crippen LogP contribution in [0.1, 0.15) is 31.7 Å². The smallest absolute Gasteiger partial charge is 0.234 e. The van der Waals surface area contributed by atoms with Gasteiger partial charge in [0.25, 0.3) is 0 Å². The molecule has 140 valence electrons. The second-order valence-corrected chi connectivity index (χ2v) is 7.24. The molecule has 1 aromatic carbocycles. The number of anilines is 1. The minimum absolute atomic E-state index is 0.145. The molecule has 2 aliphatic rings. The number of benzene rings is 1. The van der Waals surface area contributed by atoms with Gasteiger partial charge in [-0.1, -0.05) is 0 Å². The molecule has 2 unspecified atom stereocenters. The second-order valence-electron chi connectivity index (χ2n) is 7.24. The van der Waals surface area contributed by atoms with Gasteiger partial charge in [-0.15, -0.1) is 0 Å². The third kappa shape index (κ3) is 4.75. The molecular formula is C20H29N5O. The molecule has 2 aliphatic heterocycles. The van der Waals surface area contributed by atoms with Gasteiger partial charge < -0.3 is 10.6 Å². The van der Waals surface area contributed by atoms with E-state index < -0.39 is 0 Å². The van der Waals surface area contributed by atoms with Crippen molar-refractivity contribution in [3.05, 3.63) is 29.8 Å². The molecule has 6 heteroatoms. The van der Waals surface area contributed by atoms with Crippen LogP contribution < -0.4 is 10.6 Å². The first kappa shape index (κ1) is 18.7. The number of carbonyl (C=O) groups is 1. The summed E-state index contributed by atoms with van der Waals surface area (Å²) in [6, 6.07) is 10.9. The summed E-state index contributed by atoms with van der Waals surface area (Å²) in [7, 11) is 0. The summed E-state index contributed by atoms with van der Waals surface area (Å²) in [6.45, 7) is 7.27. The minimum atomic E-state index is 0.145. The van der Waals surface area contributed by atoms with Crippen molar-refractivity contribution >= 4 is 11.6 Å². The second kappa shape index (κ2) is 9.02. The standard InChI is InChI=1S/C20H29N5O/c1-2-22-20(26)15-24-13-18-8-9-19(14-24)25(18)11-3-10-23-17-6-4-16(12-21)5-7-17/h4-7,18-19,23H,2-3,8-11,13-15H2,1H3,(H,22,26). The van der Waals surface area contributed by atoms with Gasteiger partial charge in [0.05, 0.1) is 18.2 Å². The number of fused-ring (bicyclic) bond motifs is 2. The highest BCUT2D eigenvalue weighted by Crippen LogP contribution is 2.30. The van der Waals surface area contributed by atoms with Gasteiger partial charge in [0, 0.05) is 50.5 Å². The van der Waals surface area contributed by atoms with Gasteiger partial charge in [0.1, 0.15) is 0 Å². The van der Waals surface area contributed by atoms with E-state index in [1.54, 1.807) is 0 Å². The molecule has 2 atom stereocenters. The third-order valence-electron chi connectivity index (χ3n) is 5.39. The zero-order chi connectivity index (χ0) is 18.4. The molecule has 2 N–H and O–H groups in total. The van der Waals surface area contributed by atoms with Crippen molar-refractivity contribution in [2.45, 2.75) is 38.3 Å². The van der Waals surface area contributed by atoms with Crippen molar-refractivity contribution in [3.8, 4) is 6.07 Å². The van der Waals surface area contributed by atoms with Crippen molar-refractivity contribution in [3.63, 3.8) is 0 Å². The number of hydrogen-bond acceptors (Lipinski definition) is 5. The van der Waals surface area contributed by atoms with Gasteiger partial charge in [0.15, 0.2) is 0 Å². The van der Waals surface area contributed by atoms with Crippen molar-refractivity contribution in [2.75, 3.05) is 44.6 Å². The normalized spacial score (nSPS) is 22.8.